The van der Waals surface area contributed by atoms with Crippen molar-refractivity contribution < 1.29 is 14.3 Å². The van der Waals surface area contributed by atoms with Crippen molar-refractivity contribution in [2.45, 2.75) is 13.8 Å². The summed E-state index contributed by atoms with van der Waals surface area (Å²) in [5.74, 6) is -0.917. The van der Waals surface area contributed by atoms with Gasteiger partial charge in [-0.3, -0.25) is 10.1 Å². The summed E-state index contributed by atoms with van der Waals surface area (Å²) >= 11 is 1.38. The van der Waals surface area contributed by atoms with E-state index >= 15 is 0 Å². The minimum atomic E-state index is -0.507. The Morgan fingerprint density at radius 2 is 1.96 bits per heavy atom. The second-order valence-corrected chi connectivity index (χ2v) is 6.46. The summed E-state index contributed by atoms with van der Waals surface area (Å²) in [4.78, 5) is 28.3. The maximum Gasteiger partial charge on any atom is 0.338 e. The first-order valence-electron chi connectivity index (χ1n) is 7.43. The van der Waals surface area contributed by atoms with Gasteiger partial charge < -0.3 is 4.74 Å². The van der Waals surface area contributed by atoms with Gasteiger partial charge in [0.2, 0.25) is 0 Å². The number of nitrogens with one attached hydrogen (secondary N) is 1. The largest absolute Gasteiger partial charge is 0.452 e. The number of carbonyl (C=O) groups excluding carboxylic acids is 2. The van der Waals surface area contributed by atoms with Crippen LogP contribution in [0, 0.1) is 13.8 Å². The molecule has 3 rings (SSSR count). The van der Waals surface area contributed by atoms with Crippen molar-refractivity contribution in [3.63, 3.8) is 0 Å². The van der Waals surface area contributed by atoms with Crippen LogP contribution in [0.15, 0.2) is 42.5 Å². The van der Waals surface area contributed by atoms with Crippen molar-refractivity contribution in [2.24, 2.45) is 0 Å². The summed E-state index contributed by atoms with van der Waals surface area (Å²) in [6, 6.07) is 13.1. The maximum absolute atomic E-state index is 12.1. The van der Waals surface area contributed by atoms with Crippen molar-refractivity contribution >= 4 is 38.6 Å². The molecule has 1 heterocycles. The van der Waals surface area contributed by atoms with Crippen LogP contribution in [-0.2, 0) is 9.53 Å². The fourth-order valence-corrected chi connectivity index (χ4v) is 3.21. The number of thiazole rings is 1. The maximum atomic E-state index is 12.1. The highest BCUT2D eigenvalue weighted by Gasteiger charge is 2.14. The van der Waals surface area contributed by atoms with E-state index in [1.54, 1.807) is 6.07 Å². The first kappa shape index (κ1) is 16.1. The standard InChI is InChI=1S/C18H16N2O3S/c1-11-7-8-13(12(2)9-11)17(22)23-10-16(21)20-18-19-14-5-3-4-6-15(14)24-18/h3-9H,10H2,1-2H3,(H,19,20,21). The van der Waals surface area contributed by atoms with Crippen LogP contribution in [0.25, 0.3) is 10.2 Å². The highest BCUT2D eigenvalue weighted by molar-refractivity contribution is 7.22. The number of para-hydroxylation sites is 1. The third kappa shape index (κ3) is 3.60. The lowest BCUT2D eigenvalue weighted by molar-refractivity contribution is -0.119. The number of benzene rings is 2. The Hall–Kier alpha value is -2.73. The van der Waals surface area contributed by atoms with Gasteiger partial charge in [0.1, 0.15) is 0 Å². The zero-order valence-electron chi connectivity index (χ0n) is 13.3. The summed E-state index contributed by atoms with van der Waals surface area (Å²) in [5.41, 5.74) is 3.18. The number of hydrogen-bond donors (Lipinski definition) is 1. The van der Waals surface area contributed by atoms with E-state index in [0.717, 1.165) is 21.3 Å². The molecule has 0 fully saturated rings. The molecule has 0 radical (unpaired) electrons. The predicted octanol–water partition coefficient (Wildman–Crippen LogP) is 3.71. The molecule has 2 aromatic carbocycles. The van der Waals surface area contributed by atoms with E-state index in [0.29, 0.717) is 10.7 Å². The van der Waals surface area contributed by atoms with E-state index in [4.69, 9.17) is 4.74 Å². The van der Waals surface area contributed by atoms with Gasteiger partial charge in [0.25, 0.3) is 5.91 Å². The summed E-state index contributed by atoms with van der Waals surface area (Å²) < 4.78 is 6.07. The third-order valence-corrected chi connectivity index (χ3v) is 4.43. The summed E-state index contributed by atoms with van der Waals surface area (Å²) in [5, 5.41) is 3.14. The second-order valence-electron chi connectivity index (χ2n) is 5.43. The van der Waals surface area contributed by atoms with Crippen LogP contribution in [0.5, 0.6) is 0 Å². The van der Waals surface area contributed by atoms with E-state index in [-0.39, 0.29) is 6.61 Å². The number of esters is 1. The molecule has 0 bridgehead atoms. The lowest BCUT2D eigenvalue weighted by Gasteiger charge is -2.07. The van der Waals surface area contributed by atoms with E-state index < -0.39 is 11.9 Å². The Morgan fingerprint density at radius 3 is 2.71 bits per heavy atom. The molecule has 6 heteroatoms. The Balaban J connectivity index is 1.59. The van der Waals surface area contributed by atoms with Crippen LogP contribution < -0.4 is 5.32 Å². The molecule has 0 aliphatic heterocycles. The Labute approximate surface area is 143 Å². The first-order chi connectivity index (χ1) is 11.5. The number of nitrogens with zero attached hydrogens (tertiary/aromatic N) is 1. The van der Waals surface area contributed by atoms with Gasteiger partial charge in [-0.1, -0.05) is 41.2 Å². The van der Waals surface area contributed by atoms with Crippen LogP contribution >= 0.6 is 11.3 Å². The van der Waals surface area contributed by atoms with Gasteiger partial charge in [-0.15, -0.1) is 0 Å². The SMILES string of the molecule is Cc1ccc(C(=O)OCC(=O)Nc2nc3ccccc3s2)c(C)c1. The quantitative estimate of drug-likeness (QED) is 0.735. The van der Waals surface area contributed by atoms with Crippen molar-refractivity contribution in [1.29, 1.82) is 0 Å². The minimum absolute atomic E-state index is 0.345. The van der Waals surface area contributed by atoms with Crippen LogP contribution in [0.2, 0.25) is 0 Å². The van der Waals surface area contributed by atoms with Gasteiger partial charge in [0.05, 0.1) is 15.8 Å². The molecule has 122 valence electrons. The van der Waals surface area contributed by atoms with Crippen LogP contribution in [-0.4, -0.2) is 23.5 Å². The minimum Gasteiger partial charge on any atom is -0.452 e. The molecule has 0 aliphatic rings. The highest BCUT2D eigenvalue weighted by atomic mass is 32.1. The van der Waals surface area contributed by atoms with Crippen LogP contribution in [0.1, 0.15) is 21.5 Å². The number of aromatic nitrogens is 1. The lowest BCUT2D eigenvalue weighted by Crippen LogP contribution is -2.21. The molecule has 1 aromatic heterocycles. The Bertz CT molecular complexity index is 885. The van der Waals surface area contributed by atoms with E-state index in [1.165, 1.54) is 11.3 Å². The smallest absolute Gasteiger partial charge is 0.338 e. The third-order valence-electron chi connectivity index (χ3n) is 3.48. The summed E-state index contributed by atoms with van der Waals surface area (Å²) in [7, 11) is 0. The van der Waals surface area contributed by atoms with Gasteiger partial charge >= 0.3 is 5.97 Å². The normalized spacial score (nSPS) is 10.6. The highest BCUT2D eigenvalue weighted by Crippen LogP contribution is 2.25. The molecule has 5 nitrogen and oxygen atoms in total. The van der Waals surface area contributed by atoms with Gasteiger partial charge in [-0.2, -0.15) is 0 Å². The second kappa shape index (κ2) is 6.80. The van der Waals surface area contributed by atoms with Crippen molar-refractivity contribution in [3.8, 4) is 0 Å². The number of ether oxygens (including phenoxy) is 1. The molecule has 0 saturated carbocycles. The number of aryl methyl sites for hydroxylation is 2. The molecule has 1 amide bonds. The van der Waals surface area contributed by atoms with E-state index in [1.807, 2.05) is 50.2 Å². The molecule has 1 N–H and O–H groups in total. The average molecular weight is 340 g/mol. The fourth-order valence-electron chi connectivity index (χ4n) is 2.33. The fraction of sp³-hybridized carbons (Fsp3) is 0.167. The number of carbonyl (C=O) groups is 2. The van der Waals surface area contributed by atoms with Crippen molar-refractivity contribution in [2.75, 3.05) is 11.9 Å². The molecular weight excluding hydrogens is 324 g/mol. The molecular formula is C18H16N2O3S. The molecule has 0 atom stereocenters. The van der Waals surface area contributed by atoms with E-state index in [2.05, 4.69) is 10.3 Å². The number of amides is 1. The molecule has 0 aliphatic carbocycles. The van der Waals surface area contributed by atoms with E-state index in [9.17, 15) is 9.59 Å². The Morgan fingerprint density at radius 1 is 1.17 bits per heavy atom. The molecule has 0 spiro atoms. The number of rotatable bonds is 4. The average Bonchev–Trinajstić information content (AvgIpc) is 2.94. The lowest BCUT2D eigenvalue weighted by atomic mass is 10.1. The first-order valence-corrected chi connectivity index (χ1v) is 8.24. The van der Waals surface area contributed by atoms with Crippen LogP contribution in [0.4, 0.5) is 5.13 Å². The summed E-state index contributed by atoms with van der Waals surface area (Å²) in [6.07, 6.45) is 0. The molecule has 0 saturated heterocycles. The molecule has 24 heavy (non-hydrogen) atoms. The zero-order chi connectivity index (χ0) is 17.1. The van der Waals surface area contributed by atoms with Gasteiger partial charge in [-0.25, -0.2) is 9.78 Å². The van der Waals surface area contributed by atoms with Crippen molar-refractivity contribution in [3.05, 3.63) is 59.2 Å². The Kier molecular flexibility index (Phi) is 4.57. The monoisotopic (exact) mass is 340 g/mol. The molecule has 0 unspecified atom stereocenters. The van der Waals surface area contributed by atoms with Gasteiger partial charge in [-0.05, 0) is 37.6 Å². The number of anilines is 1. The molecule has 3 aromatic rings. The number of fused-ring (bicyclic) bond motifs is 1. The topological polar surface area (TPSA) is 68.3 Å². The predicted molar refractivity (Wildman–Crippen MR) is 94.4 cm³/mol. The summed E-state index contributed by atoms with van der Waals surface area (Å²) in [6.45, 7) is 3.44. The zero-order valence-corrected chi connectivity index (χ0v) is 14.1. The van der Waals surface area contributed by atoms with Crippen LogP contribution in [0.3, 0.4) is 0 Å². The van der Waals surface area contributed by atoms with Crippen molar-refractivity contribution in [1.82, 2.24) is 4.98 Å². The number of hydrogen-bond acceptors (Lipinski definition) is 5. The van der Waals surface area contributed by atoms with Gasteiger partial charge in [0, 0.05) is 0 Å². The van der Waals surface area contributed by atoms with Gasteiger partial charge in [0.15, 0.2) is 11.7 Å².